The molecule has 1 N–H and O–H groups in total. The Morgan fingerprint density at radius 2 is 2.08 bits per heavy atom. The lowest BCUT2D eigenvalue weighted by Crippen LogP contribution is -1.83. The molecule has 1 aromatic rings. The third kappa shape index (κ3) is 5.87. The van der Waals surface area contributed by atoms with Crippen molar-refractivity contribution in [2.24, 2.45) is 0 Å². The average molecular weight is 182 g/mol. The Labute approximate surface area is 78.0 Å². The minimum absolute atomic E-state index is 0.208. The van der Waals surface area contributed by atoms with Crippen molar-refractivity contribution in [1.82, 2.24) is 0 Å². The highest BCUT2D eigenvalue weighted by Crippen LogP contribution is 2.10. The quantitative estimate of drug-likeness (QED) is 0.703. The summed E-state index contributed by atoms with van der Waals surface area (Å²) in [5, 5.41) is 8.92. The first-order chi connectivity index (χ1) is 6.24. The van der Waals surface area contributed by atoms with E-state index in [1.807, 2.05) is 0 Å². The van der Waals surface area contributed by atoms with Gasteiger partial charge in [-0.15, -0.1) is 0 Å². The molecule has 0 fully saturated rings. The molecule has 72 valence electrons. The third-order valence-electron chi connectivity index (χ3n) is 1.23. The van der Waals surface area contributed by atoms with Gasteiger partial charge in [-0.25, -0.2) is 0 Å². The van der Waals surface area contributed by atoms with Crippen molar-refractivity contribution in [3.05, 3.63) is 29.8 Å². The number of hydrogen-bond donors (Lipinski definition) is 1. The maximum absolute atomic E-state index is 10.0. The summed E-state index contributed by atoms with van der Waals surface area (Å²) in [6.45, 7) is 0. The summed E-state index contributed by atoms with van der Waals surface area (Å²) in [6.07, 6.45) is 1.18. The van der Waals surface area contributed by atoms with E-state index < -0.39 is 0 Å². The summed E-state index contributed by atoms with van der Waals surface area (Å²) >= 11 is 0. The van der Waals surface area contributed by atoms with Crippen LogP contribution in [-0.2, 0) is 16.0 Å². The lowest BCUT2D eigenvalue weighted by molar-refractivity contribution is -0.107. The second-order valence-electron chi connectivity index (χ2n) is 2.45. The van der Waals surface area contributed by atoms with Crippen LogP contribution in [0.3, 0.4) is 0 Å². The maximum atomic E-state index is 10.0. The number of benzene rings is 1. The summed E-state index contributed by atoms with van der Waals surface area (Å²) < 4.78 is 4.25. The average Bonchev–Trinajstić information content (AvgIpc) is 2.06. The van der Waals surface area contributed by atoms with Gasteiger partial charge in [0.05, 0.1) is 0 Å². The van der Waals surface area contributed by atoms with E-state index in [9.17, 15) is 4.79 Å². The molecule has 0 atom stereocenters. The van der Waals surface area contributed by atoms with Gasteiger partial charge in [-0.05, 0) is 17.7 Å². The number of phenols is 1. The molecule has 0 aromatic heterocycles. The molecule has 1 aromatic carbocycles. The van der Waals surface area contributed by atoms with Crippen LogP contribution in [0.5, 0.6) is 5.75 Å². The molecule has 0 saturated carbocycles. The molecule has 13 heavy (non-hydrogen) atoms. The van der Waals surface area contributed by atoms with Crippen molar-refractivity contribution < 1.29 is 14.6 Å². The predicted octanol–water partition coefficient (Wildman–Crippen LogP) is 1.40. The first-order valence-electron chi connectivity index (χ1n) is 3.86. The van der Waals surface area contributed by atoms with Crippen LogP contribution in [0.4, 0.5) is 0 Å². The SMILES string of the molecule is COC.O=CCc1cccc(O)c1. The van der Waals surface area contributed by atoms with E-state index in [1.54, 1.807) is 38.5 Å². The fourth-order valence-corrected chi connectivity index (χ4v) is 0.780. The smallest absolute Gasteiger partial charge is 0.124 e. The zero-order chi connectivity index (χ0) is 10.1. The molecular weight excluding hydrogens is 168 g/mol. The third-order valence-corrected chi connectivity index (χ3v) is 1.23. The summed E-state index contributed by atoms with van der Waals surface area (Å²) in [6, 6.07) is 6.67. The Balaban J connectivity index is 0.000000424. The molecule has 0 aliphatic rings. The number of ether oxygens (including phenoxy) is 1. The predicted molar refractivity (Wildman–Crippen MR) is 50.8 cm³/mol. The summed E-state index contributed by atoms with van der Waals surface area (Å²) in [5.74, 6) is 0.208. The van der Waals surface area contributed by atoms with Crippen LogP contribution in [0.15, 0.2) is 24.3 Å². The number of hydrogen-bond acceptors (Lipinski definition) is 3. The van der Waals surface area contributed by atoms with E-state index in [0.29, 0.717) is 6.42 Å². The molecule has 0 bridgehead atoms. The summed E-state index contributed by atoms with van der Waals surface area (Å²) in [7, 11) is 3.25. The summed E-state index contributed by atoms with van der Waals surface area (Å²) in [5.41, 5.74) is 0.843. The molecule has 1 rings (SSSR count). The fourth-order valence-electron chi connectivity index (χ4n) is 0.780. The fraction of sp³-hybridized carbons (Fsp3) is 0.300. The van der Waals surface area contributed by atoms with E-state index in [2.05, 4.69) is 4.74 Å². The normalized spacial score (nSPS) is 8.46. The van der Waals surface area contributed by atoms with Crippen molar-refractivity contribution in [3.63, 3.8) is 0 Å². The Kier molecular flexibility index (Phi) is 6.55. The Morgan fingerprint density at radius 3 is 2.54 bits per heavy atom. The highest BCUT2D eigenvalue weighted by molar-refractivity contribution is 5.55. The topological polar surface area (TPSA) is 46.5 Å². The molecule has 0 amide bonds. The first-order valence-corrected chi connectivity index (χ1v) is 3.86. The second kappa shape index (κ2) is 7.31. The largest absolute Gasteiger partial charge is 0.508 e. The number of aromatic hydroxyl groups is 1. The zero-order valence-corrected chi connectivity index (χ0v) is 7.86. The highest BCUT2D eigenvalue weighted by Gasteiger charge is 1.90. The molecule has 0 aliphatic carbocycles. The van der Waals surface area contributed by atoms with Crippen molar-refractivity contribution in [3.8, 4) is 5.75 Å². The second-order valence-corrected chi connectivity index (χ2v) is 2.45. The minimum atomic E-state index is 0.208. The van der Waals surface area contributed by atoms with E-state index in [4.69, 9.17) is 5.11 Å². The number of carbonyl (C=O) groups is 1. The Hall–Kier alpha value is -1.35. The highest BCUT2D eigenvalue weighted by atomic mass is 16.4. The van der Waals surface area contributed by atoms with Crippen LogP contribution in [-0.4, -0.2) is 25.6 Å². The van der Waals surface area contributed by atoms with E-state index in [1.165, 1.54) is 0 Å². The van der Waals surface area contributed by atoms with Gasteiger partial charge in [-0.3, -0.25) is 0 Å². The van der Waals surface area contributed by atoms with Crippen molar-refractivity contribution in [2.75, 3.05) is 14.2 Å². The van der Waals surface area contributed by atoms with Gasteiger partial charge >= 0.3 is 0 Å². The van der Waals surface area contributed by atoms with Crippen LogP contribution in [0, 0.1) is 0 Å². The standard InChI is InChI=1S/C8H8O2.C2H6O/c9-5-4-7-2-1-3-8(10)6-7;1-3-2/h1-3,5-6,10H,4H2;1-2H3. The molecule has 0 unspecified atom stereocenters. The van der Waals surface area contributed by atoms with Gasteiger partial charge in [-0.2, -0.15) is 0 Å². The summed E-state index contributed by atoms with van der Waals surface area (Å²) in [4.78, 5) is 10.0. The van der Waals surface area contributed by atoms with Crippen molar-refractivity contribution in [1.29, 1.82) is 0 Å². The van der Waals surface area contributed by atoms with Gasteiger partial charge in [0.25, 0.3) is 0 Å². The number of carbonyl (C=O) groups excluding carboxylic acids is 1. The van der Waals surface area contributed by atoms with Crippen molar-refractivity contribution in [2.45, 2.75) is 6.42 Å². The van der Waals surface area contributed by atoms with Crippen LogP contribution in [0.25, 0.3) is 0 Å². The number of phenolic OH excluding ortho intramolecular Hbond substituents is 1. The van der Waals surface area contributed by atoms with E-state index in [-0.39, 0.29) is 5.75 Å². The number of rotatable bonds is 2. The number of methoxy groups -OCH3 is 1. The first kappa shape index (κ1) is 11.6. The molecule has 0 saturated heterocycles. The van der Waals surface area contributed by atoms with Crippen molar-refractivity contribution >= 4 is 6.29 Å². The Morgan fingerprint density at radius 1 is 1.46 bits per heavy atom. The van der Waals surface area contributed by atoms with Gasteiger partial charge in [-0.1, -0.05) is 12.1 Å². The van der Waals surface area contributed by atoms with Gasteiger partial charge in [0.1, 0.15) is 12.0 Å². The molecule has 3 heteroatoms. The molecule has 0 aliphatic heterocycles. The van der Waals surface area contributed by atoms with Crippen LogP contribution in [0.2, 0.25) is 0 Å². The lowest BCUT2D eigenvalue weighted by atomic mass is 10.2. The van der Waals surface area contributed by atoms with Crippen LogP contribution in [0.1, 0.15) is 5.56 Å². The van der Waals surface area contributed by atoms with Gasteiger partial charge in [0, 0.05) is 20.6 Å². The van der Waals surface area contributed by atoms with E-state index >= 15 is 0 Å². The van der Waals surface area contributed by atoms with Gasteiger partial charge in [0.2, 0.25) is 0 Å². The van der Waals surface area contributed by atoms with Gasteiger partial charge in [0.15, 0.2) is 0 Å². The molecule has 0 heterocycles. The Bertz CT molecular complexity index is 246. The molecular formula is C10H14O3. The minimum Gasteiger partial charge on any atom is -0.508 e. The lowest BCUT2D eigenvalue weighted by Gasteiger charge is -1.93. The monoisotopic (exact) mass is 182 g/mol. The van der Waals surface area contributed by atoms with E-state index in [0.717, 1.165) is 11.8 Å². The number of aldehydes is 1. The zero-order valence-electron chi connectivity index (χ0n) is 7.86. The van der Waals surface area contributed by atoms with Crippen LogP contribution < -0.4 is 0 Å². The maximum Gasteiger partial charge on any atom is 0.124 e. The molecule has 0 radical (unpaired) electrons. The molecule has 0 spiro atoms. The molecule has 3 nitrogen and oxygen atoms in total. The van der Waals surface area contributed by atoms with Gasteiger partial charge < -0.3 is 14.6 Å². The van der Waals surface area contributed by atoms with Crippen LogP contribution >= 0.6 is 0 Å².